The molecule has 3 nitrogen and oxygen atoms in total. The summed E-state index contributed by atoms with van der Waals surface area (Å²) in [7, 11) is 0. The summed E-state index contributed by atoms with van der Waals surface area (Å²) in [6.45, 7) is 6.60. The van der Waals surface area contributed by atoms with Gasteiger partial charge in [-0.05, 0) is 67.1 Å². The van der Waals surface area contributed by atoms with E-state index in [4.69, 9.17) is 11.6 Å². The Bertz CT molecular complexity index is 967. The third kappa shape index (κ3) is 3.42. The van der Waals surface area contributed by atoms with Crippen LogP contribution in [0.15, 0.2) is 42.5 Å². The number of nitrogens with one attached hydrogen (secondary N) is 1. The number of rotatable bonds is 5. The molecule has 0 saturated carbocycles. The molecule has 0 unspecified atom stereocenters. The molecule has 2 aliphatic heterocycles. The number of nitrogens with zero attached hydrogens (tertiary/aromatic N) is 2. The number of hydrogen-bond donors (Lipinski definition) is 1. The summed E-state index contributed by atoms with van der Waals surface area (Å²) in [5.41, 5.74) is 4.04. The van der Waals surface area contributed by atoms with Crippen LogP contribution in [0.3, 0.4) is 0 Å². The van der Waals surface area contributed by atoms with Gasteiger partial charge in [-0.3, -0.25) is 4.90 Å². The second-order valence-corrected chi connectivity index (χ2v) is 8.93. The van der Waals surface area contributed by atoms with E-state index in [-0.39, 0.29) is 0 Å². The summed E-state index contributed by atoms with van der Waals surface area (Å²) in [5.74, 6) is 0. The molecule has 5 heteroatoms. The second kappa shape index (κ2) is 7.34. The molecule has 3 heterocycles. The first kappa shape index (κ1) is 17.4. The number of hydrogen-bond acceptors (Lipinski definition) is 4. The Kier molecular flexibility index (Phi) is 4.72. The first-order valence-electron chi connectivity index (χ1n) is 9.66. The quantitative estimate of drug-likeness (QED) is 0.554. The van der Waals surface area contributed by atoms with E-state index in [2.05, 4.69) is 58.2 Å². The van der Waals surface area contributed by atoms with Gasteiger partial charge in [-0.25, -0.2) is 0 Å². The predicted molar refractivity (Wildman–Crippen MR) is 117 cm³/mol. The number of para-hydroxylation sites is 2. The molecule has 0 bridgehead atoms. The van der Waals surface area contributed by atoms with Gasteiger partial charge in [0.25, 0.3) is 0 Å². The third-order valence-electron chi connectivity index (χ3n) is 5.59. The van der Waals surface area contributed by atoms with E-state index in [0.29, 0.717) is 0 Å². The van der Waals surface area contributed by atoms with Gasteiger partial charge in [-0.2, -0.15) is 0 Å². The maximum Gasteiger partial charge on any atom is 0.139 e. The molecule has 0 spiro atoms. The molecular formula is C22H23ClN3S. The molecule has 1 aromatic heterocycles. The lowest BCUT2D eigenvalue weighted by atomic mass is 10.0. The normalized spacial score (nSPS) is 16.4. The standard InChI is InChI=1S/C22H23ClN3S/c23-16-7-8-21-18(13-16)17-9-12-25(14-22(17)27-21)10-3-4-11-26-15-24-19-5-1-2-6-20(19)26/h1-2,5-8,13,15,24H,3-4,9-12,14H2. The van der Waals surface area contributed by atoms with Crippen LogP contribution in [0.1, 0.15) is 23.3 Å². The molecule has 27 heavy (non-hydrogen) atoms. The minimum absolute atomic E-state index is 0.848. The molecule has 0 saturated heterocycles. The van der Waals surface area contributed by atoms with Crippen LogP contribution >= 0.6 is 22.9 Å². The highest BCUT2D eigenvalue weighted by atomic mass is 35.5. The molecule has 0 aliphatic carbocycles. The topological polar surface area (TPSA) is 18.5 Å². The van der Waals surface area contributed by atoms with Crippen molar-refractivity contribution in [3.63, 3.8) is 0 Å². The molecule has 2 aromatic carbocycles. The summed E-state index contributed by atoms with van der Waals surface area (Å²) < 4.78 is 1.38. The third-order valence-corrected chi connectivity index (χ3v) is 7.03. The van der Waals surface area contributed by atoms with Gasteiger partial charge in [0.2, 0.25) is 0 Å². The van der Waals surface area contributed by atoms with Gasteiger partial charge < -0.3 is 10.2 Å². The smallest absolute Gasteiger partial charge is 0.139 e. The van der Waals surface area contributed by atoms with Crippen molar-refractivity contribution in [1.29, 1.82) is 0 Å². The lowest BCUT2D eigenvalue weighted by molar-refractivity contribution is 0.253. The van der Waals surface area contributed by atoms with Crippen molar-refractivity contribution in [3.8, 4) is 0 Å². The van der Waals surface area contributed by atoms with Crippen molar-refractivity contribution in [2.75, 3.05) is 29.9 Å². The molecule has 0 atom stereocenters. The van der Waals surface area contributed by atoms with E-state index >= 15 is 0 Å². The number of anilines is 2. The molecule has 0 fully saturated rings. The van der Waals surface area contributed by atoms with Crippen LogP contribution in [0, 0.1) is 6.67 Å². The molecule has 0 amide bonds. The van der Waals surface area contributed by atoms with Crippen molar-refractivity contribution in [2.24, 2.45) is 0 Å². The fourth-order valence-electron chi connectivity index (χ4n) is 4.18. The Hall–Kier alpha value is -1.75. The number of halogens is 1. The summed E-state index contributed by atoms with van der Waals surface area (Å²) in [6, 6.07) is 14.8. The first-order valence-corrected chi connectivity index (χ1v) is 10.8. The molecule has 3 aromatic rings. The number of unbranched alkanes of at least 4 members (excludes halogenated alkanes) is 1. The predicted octanol–water partition coefficient (Wildman–Crippen LogP) is 5.74. The maximum atomic E-state index is 6.20. The highest BCUT2D eigenvalue weighted by molar-refractivity contribution is 7.19. The van der Waals surface area contributed by atoms with Crippen LogP contribution < -0.4 is 10.2 Å². The van der Waals surface area contributed by atoms with Gasteiger partial charge in [0.1, 0.15) is 6.67 Å². The van der Waals surface area contributed by atoms with Gasteiger partial charge in [-0.15, -0.1) is 11.3 Å². The monoisotopic (exact) mass is 396 g/mol. The average Bonchev–Trinajstić information content (AvgIpc) is 3.26. The Morgan fingerprint density at radius 2 is 1.96 bits per heavy atom. The molecule has 1 N–H and O–H groups in total. The zero-order valence-corrected chi connectivity index (χ0v) is 16.8. The van der Waals surface area contributed by atoms with E-state index in [1.807, 2.05) is 17.4 Å². The molecule has 2 aliphatic rings. The summed E-state index contributed by atoms with van der Waals surface area (Å²) >= 11 is 8.14. The fourth-order valence-corrected chi connectivity index (χ4v) is 5.63. The van der Waals surface area contributed by atoms with E-state index in [1.54, 1.807) is 0 Å². The van der Waals surface area contributed by atoms with Crippen LogP contribution in [0.4, 0.5) is 11.4 Å². The van der Waals surface area contributed by atoms with Crippen molar-refractivity contribution in [1.82, 2.24) is 4.90 Å². The Morgan fingerprint density at radius 1 is 1.07 bits per heavy atom. The molecule has 1 radical (unpaired) electrons. The van der Waals surface area contributed by atoms with Crippen LogP contribution in [-0.2, 0) is 13.0 Å². The zero-order chi connectivity index (χ0) is 18.2. The van der Waals surface area contributed by atoms with Gasteiger partial charge in [0.05, 0.1) is 11.4 Å². The molecular weight excluding hydrogens is 374 g/mol. The van der Waals surface area contributed by atoms with Gasteiger partial charge in [0.15, 0.2) is 0 Å². The number of benzene rings is 2. The van der Waals surface area contributed by atoms with Crippen molar-refractivity contribution >= 4 is 44.4 Å². The van der Waals surface area contributed by atoms with Crippen molar-refractivity contribution < 1.29 is 0 Å². The van der Waals surface area contributed by atoms with Crippen molar-refractivity contribution in [2.45, 2.75) is 25.8 Å². The zero-order valence-electron chi connectivity index (χ0n) is 15.2. The minimum Gasteiger partial charge on any atom is -0.360 e. The maximum absolute atomic E-state index is 6.20. The largest absolute Gasteiger partial charge is 0.360 e. The van der Waals surface area contributed by atoms with Gasteiger partial charge >= 0.3 is 0 Å². The van der Waals surface area contributed by atoms with E-state index in [0.717, 1.165) is 31.1 Å². The van der Waals surface area contributed by atoms with Crippen molar-refractivity contribution in [3.05, 3.63) is 64.6 Å². The summed E-state index contributed by atoms with van der Waals surface area (Å²) in [5, 5.41) is 5.57. The second-order valence-electron chi connectivity index (χ2n) is 7.36. The number of thiophene rings is 1. The minimum atomic E-state index is 0.848. The van der Waals surface area contributed by atoms with Crippen LogP contribution in [0.2, 0.25) is 5.02 Å². The molecule has 5 rings (SSSR count). The van der Waals surface area contributed by atoms with E-state index in [1.165, 1.54) is 51.3 Å². The van der Waals surface area contributed by atoms with Crippen LogP contribution in [-0.4, -0.2) is 24.5 Å². The SMILES string of the molecule is Clc1ccc2sc3c(c2c1)CCN(CCCCN1[CH]Nc2ccccc21)C3. The van der Waals surface area contributed by atoms with E-state index in [9.17, 15) is 0 Å². The summed E-state index contributed by atoms with van der Waals surface area (Å²) in [6.07, 6.45) is 3.59. The lowest BCUT2D eigenvalue weighted by Gasteiger charge is -2.27. The first-order chi connectivity index (χ1) is 13.3. The van der Waals surface area contributed by atoms with Gasteiger partial charge in [-0.1, -0.05) is 23.7 Å². The van der Waals surface area contributed by atoms with E-state index < -0.39 is 0 Å². The average molecular weight is 397 g/mol. The Morgan fingerprint density at radius 3 is 2.93 bits per heavy atom. The summed E-state index contributed by atoms with van der Waals surface area (Å²) in [4.78, 5) is 6.48. The Balaban J connectivity index is 1.15. The Labute approximate surface area is 169 Å². The highest BCUT2D eigenvalue weighted by Crippen LogP contribution is 2.37. The lowest BCUT2D eigenvalue weighted by Crippen LogP contribution is -2.31. The molecule has 139 valence electrons. The number of fused-ring (bicyclic) bond motifs is 4. The van der Waals surface area contributed by atoms with Crippen LogP contribution in [0.25, 0.3) is 10.1 Å². The highest BCUT2D eigenvalue weighted by Gasteiger charge is 2.21. The fraction of sp³-hybridized carbons (Fsp3) is 0.318. The van der Waals surface area contributed by atoms with Crippen LogP contribution in [0.5, 0.6) is 0 Å². The van der Waals surface area contributed by atoms with Gasteiger partial charge in [0, 0.05) is 34.2 Å².